The van der Waals surface area contributed by atoms with E-state index >= 15 is 0 Å². The van der Waals surface area contributed by atoms with Crippen LogP contribution in [0, 0.1) is 0 Å². The zero-order valence-corrected chi connectivity index (χ0v) is 18.9. The molecule has 170 valence electrons. The first-order chi connectivity index (χ1) is 15.2. The summed E-state index contributed by atoms with van der Waals surface area (Å²) in [6.45, 7) is 2.18. The number of rotatable bonds is 18. The van der Waals surface area contributed by atoms with Crippen LogP contribution in [0.15, 0.2) is 54.6 Å². The molecule has 0 fully saturated rings. The molecule has 0 aromatic heterocycles. The summed E-state index contributed by atoms with van der Waals surface area (Å²) in [6.07, 6.45) is 12.3. The number of carbonyl (C=O) groups is 1. The van der Waals surface area contributed by atoms with Gasteiger partial charge >= 0.3 is 5.97 Å². The Morgan fingerprint density at radius 2 is 1.32 bits per heavy atom. The minimum atomic E-state index is -0.752. The van der Waals surface area contributed by atoms with Crippen molar-refractivity contribution in [2.45, 2.75) is 70.6 Å². The van der Waals surface area contributed by atoms with Crippen molar-refractivity contribution >= 4 is 5.97 Å². The molecular weight excluding hydrogens is 386 g/mol. The standard InChI is InChI=1S/C27H39NO3/c29-27(30)20-22-28-21-11-15-25-16-18-26(19-17-25)31-23-10-5-3-1-2-4-7-12-24-13-8-6-9-14-24/h6,8-9,13-14,16-19,28H,1-5,7,10-12,15,20-23H2,(H,29,30). The van der Waals surface area contributed by atoms with Gasteiger partial charge in [-0.1, -0.05) is 74.6 Å². The number of aryl methyl sites for hydroxylation is 2. The van der Waals surface area contributed by atoms with Crippen LogP contribution < -0.4 is 10.1 Å². The average molecular weight is 426 g/mol. The molecule has 31 heavy (non-hydrogen) atoms. The third-order valence-electron chi connectivity index (χ3n) is 5.48. The van der Waals surface area contributed by atoms with Gasteiger partial charge in [-0.15, -0.1) is 0 Å². The van der Waals surface area contributed by atoms with Gasteiger partial charge < -0.3 is 15.2 Å². The minimum absolute atomic E-state index is 0.181. The smallest absolute Gasteiger partial charge is 0.304 e. The van der Waals surface area contributed by atoms with Gasteiger partial charge in [0.15, 0.2) is 0 Å². The van der Waals surface area contributed by atoms with Crippen molar-refractivity contribution in [2.24, 2.45) is 0 Å². The quantitative estimate of drug-likeness (QED) is 0.286. The van der Waals surface area contributed by atoms with Gasteiger partial charge in [-0.05, 0) is 61.9 Å². The molecule has 4 heteroatoms. The normalized spacial score (nSPS) is 10.8. The molecule has 4 nitrogen and oxygen atoms in total. The third kappa shape index (κ3) is 12.8. The Balaban J connectivity index is 1.40. The number of hydrogen-bond acceptors (Lipinski definition) is 3. The summed E-state index contributed by atoms with van der Waals surface area (Å²) in [5.41, 5.74) is 2.75. The van der Waals surface area contributed by atoms with Crippen molar-refractivity contribution < 1.29 is 14.6 Å². The van der Waals surface area contributed by atoms with Crippen molar-refractivity contribution in [3.05, 3.63) is 65.7 Å². The number of aliphatic carboxylic acids is 1. The lowest BCUT2D eigenvalue weighted by Gasteiger charge is -2.08. The van der Waals surface area contributed by atoms with Gasteiger partial charge in [-0.25, -0.2) is 0 Å². The van der Waals surface area contributed by atoms with E-state index in [1.54, 1.807) is 0 Å². The summed E-state index contributed by atoms with van der Waals surface area (Å²) < 4.78 is 5.87. The second kappa shape index (κ2) is 16.4. The van der Waals surface area contributed by atoms with E-state index < -0.39 is 5.97 Å². The highest BCUT2D eigenvalue weighted by molar-refractivity contribution is 5.66. The van der Waals surface area contributed by atoms with Gasteiger partial charge in [0, 0.05) is 6.54 Å². The third-order valence-corrected chi connectivity index (χ3v) is 5.48. The zero-order valence-electron chi connectivity index (χ0n) is 18.9. The van der Waals surface area contributed by atoms with Crippen LogP contribution >= 0.6 is 0 Å². The molecule has 0 heterocycles. The molecule has 0 bridgehead atoms. The Kier molecular flexibility index (Phi) is 13.2. The maximum Gasteiger partial charge on any atom is 0.304 e. The summed E-state index contributed by atoms with van der Waals surface area (Å²) in [5, 5.41) is 11.8. The van der Waals surface area contributed by atoms with E-state index in [-0.39, 0.29) is 6.42 Å². The number of carboxylic acids is 1. The van der Waals surface area contributed by atoms with Gasteiger partial charge in [-0.2, -0.15) is 0 Å². The second-order valence-corrected chi connectivity index (χ2v) is 8.20. The number of unbranched alkanes of at least 4 members (excludes halogenated alkanes) is 6. The summed E-state index contributed by atoms with van der Waals surface area (Å²) in [4.78, 5) is 10.5. The van der Waals surface area contributed by atoms with Gasteiger partial charge in [0.05, 0.1) is 13.0 Å². The van der Waals surface area contributed by atoms with Crippen LogP contribution in [-0.4, -0.2) is 30.8 Å². The monoisotopic (exact) mass is 425 g/mol. The molecular formula is C27H39NO3. The van der Waals surface area contributed by atoms with Gasteiger partial charge in [-0.3, -0.25) is 4.79 Å². The van der Waals surface area contributed by atoms with Crippen molar-refractivity contribution in [1.29, 1.82) is 0 Å². The van der Waals surface area contributed by atoms with Crippen LogP contribution in [0.5, 0.6) is 5.75 Å². The molecule has 0 spiro atoms. The molecule has 0 saturated heterocycles. The van der Waals surface area contributed by atoms with Crippen LogP contribution in [0.1, 0.15) is 68.9 Å². The van der Waals surface area contributed by atoms with Gasteiger partial charge in [0.2, 0.25) is 0 Å². The van der Waals surface area contributed by atoms with Crippen molar-refractivity contribution in [1.82, 2.24) is 5.32 Å². The van der Waals surface area contributed by atoms with E-state index in [1.165, 1.54) is 56.1 Å². The van der Waals surface area contributed by atoms with Crippen LogP contribution in [-0.2, 0) is 17.6 Å². The highest BCUT2D eigenvalue weighted by Crippen LogP contribution is 2.15. The van der Waals surface area contributed by atoms with Gasteiger partial charge in [0.25, 0.3) is 0 Å². The largest absolute Gasteiger partial charge is 0.494 e. The summed E-state index contributed by atoms with van der Waals surface area (Å²) in [6, 6.07) is 19.1. The highest BCUT2D eigenvalue weighted by atomic mass is 16.5. The van der Waals surface area contributed by atoms with E-state index in [0.717, 1.165) is 38.2 Å². The highest BCUT2D eigenvalue weighted by Gasteiger charge is 1.99. The van der Waals surface area contributed by atoms with E-state index in [9.17, 15) is 4.79 Å². The summed E-state index contributed by atoms with van der Waals surface area (Å²) in [5.74, 6) is 0.196. The minimum Gasteiger partial charge on any atom is -0.494 e. The lowest BCUT2D eigenvalue weighted by Crippen LogP contribution is -2.19. The Morgan fingerprint density at radius 1 is 0.710 bits per heavy atom. The number of nitrogens with one attached hydrogen (secondary N) is 1. The SMILES string of the molecule is O=C(O)CCNCCCc1ccc(OCCCCCCCCCc2ccccc2)cc1. The molecule has 0 aliphatic heterocycles. The molecule has 0 amide bonds. The first-order valence-electron chi connectivity index (χ1n) is 11.9. The molecule has 0 atom stereocenters. The number of ether oxygens (including phenoxy) is 1. The van der Waals surface area contributed by atoms with E-state index in [0.29, 0.717) is 6.54 Å². The molecule has 0 aliphatic rings. The zero-order chi connectivity index (χ0) is 22.0. The second-order valence-electron chi connectivity index (χ2n) is 8.20. The van der Waals surface area contributed by atoms with Crippen molar-refractivity contribution in [2.75, 3.05) is 19.7 Å². The summed E-state index contributed by atoms with van der Waals surface area (Å²) >= 11 is 0. The molecule has 2 N–H and O–H groups in total. The van der Waals surface area contributed by atoms with E-state index in [2.05, 4.69) is 59.9 Å². The van der Waals surface area contributed by atoms with Crippen molar-refractivity contribution in [3.8, 4) is 5.75 Å². The molecule has 0 unspecified atom stereocenters. The fourth-order valence-electron chi connectivity index (χ4n) is 3.64. The lowest BCUT2D eigenvalue weighted by molar-refractivity contribution is -0.136. The Labute approximate surface area is 188 Å². The fraction of sp³-hybridized carbons (Fsp3) is 0.519. The molecule has 2 aromatic rings. The number of carboxylic acid groups (broad SMARTS) is 1. The predicted molar refractivity (Wildman–Crippen MR) is 128 cm³/mol. The van der Waals surface area contributed by atoms with Crippen LogP contribution in [0.3, 0.4) is 0 Å². The summed E-state index contributed by atoms with van der Waals surface area (Å²) in [7, 11) is 0. The average Bonchev–Trinajstić information content (AvgIpc) is 2.79. The molecule has 2 aromatic carbocycles. The molecule has 0 aliphatic carbocycles. The predicted octanol–water partition coefficient (Wildman–Crippen LogP) is 6.04. The van der Waals surface area contributed by atoms with Crippen LogP contribution in [0.25, 0.3) is 0 Å². The Morgan fingerprint density at radius 3 is 2.03 bits per heavy atom. The maximum atomic E-state index is 10.5. The lowest BCUT2D eigenvalue weighted by atomic mass is 10.0. The Bertz CT molecular complexity index is 700. The van der Waals surface area contributed by atoms with Crippen LogP contribution in [0.4, 0.5) is 0 Å². The maximum absolute atomic E-state index is 10.5. The molecule has 2 rings (SSSR count). The Hall–Kier alpha value is -2.33. The first-order valence-corrected chi connectivity index (χ1v) is 11.9. The fourth-order valence-corrected chi connectivity index (χ4v) is 3.64. The van der Waals surface area contributed by atoms with Crippen LogP contribution in [0.2, 0.25) is 0 Å². The molecule has 0 saturated carbocycles. The van der Waals surface area contributed by atoms with Crippen molar-refractivity contribution in [3.63, 3.8) is 0 Å². The number of benzene rings is 2. The van der Waals surface area contributed by atoms with E-state index in [4.69, 9.17) is 9.84 Å². The van der Waals surface area contributed by atoms with E-state index in [1.807, 2.05) is 0 Å². The number of hydrogen-bond donors (Lipinski definition) is 2. The first kappa shape index (κ1) is 24.9. The topological polar surface area (TPSA) is 58.6 Å². The van der Waals surface area contributed by atoms with Gasteiger partial charge in [0.1, 0.15) is 5.75 Å². The molecule has 0 radical (unpaired) electrons.